The first-order valence-electron chi connectivity index (χ1n) is 5.93. The maximum atomic E-state index is 11.0. The van der Waals surface area contributed by atoms with Crippen molar-refractivity contribution in [2.75, 3.05) is 11.9 Å². The predicted octanol–water partition coefficient (Wildman–Crippen LogP) is 2.57. The Morgan fingerprint density at radius 1 is 1.58 bits per heavy atom. The van der Waals surface area contributed by atoms with Crippen LogP contribution in [0.15, 0.2) is 30.5 Å². The maximum absolute atomic E-state index is 11.0. The van der Waals surface area contributed by atoms with Crippen molar-refractivity contribution in [3.63, 3.8) is 0 Å². The van der Waals surface area contributed by atoms with Gasteiger partial charge < -0.3 is 10.1 Å². The van der Waals surface area contributed by atoms with E-state index in [2.05, 4.69) is 5.32 Å². The van der Waals surface area contributed by atoms with E-state index in [1.165, 1.54) is 6.07 Å². The molecule has 2 rings (SSSR count). The lowest BCUT2D eigenvalue weighted by atomic mass is 10.1. The molecular weight excluding hydrogens is 246 g/mol. The molecule has 0 spiro atoms. The van der Waals surface area contributed by atoms with Gasteiger partial charge in [-0.25, -0.2) is 0 Å². The summed E-state index contributed by atoms with van der Waals surface area (Å²) in [5.41, 5.74) is 0.585. The summed E-state index contributed by atoms with van der Waals surface area (Å²) in [6.45, 7) is 0.497. The van der Waals surface area contributed by atoms with Gasteiger partial charge in [0.1, 0.15) is 11.8 Å². The van der Waals surface area contributed by atoms with Gasteiger partial charge in [0.2, 0.25) is 0 Å². The number of benzene rings is 1. The van der Waals surface area contributed by atoms with Crippen LogP contribution in [0.4, 0.5) is 11.4 Å². The van der Waals surface area contributed by atoms with Gasteiger partial charge in [0.05, 0.1) is 29.4 Å². The number of nitro groups is 1. The Morgan fingerprint density at radius 3 is 3.05 bits per heavy atom. The van der Waals surface area contributed by atoms with E-state index in [4.69, 9.17) is 10.00 Å². The van der Waals surface area contributed by atoms with E-state index < -0.39 is 4.92 Å². The summed E-state index contributed by atoms with van der Waals surface area (Å²) in [4.78, 5) is 10.5. The van der Waals surface area contributed by atoms with Crippen molar-refractivity contribution < 1.29 is 9.66 Å². The van der Waals surface area contributed by atoms with Crippen LogP contribution < -0.4 is 5.32 Å². The van der Waals surface area contributed by atoms with Crippen molar-refractivity contribution in [1.82, 2.24) is 0 Å². The third-order valence-electron chi connectivity index (χ3n) is 2.87. The Hall–Kier alpha value is -2.55. The van der Waals surface area contributed by atoms with Gasteiger partial charge >= 0.3 is 0 Å². The molecule has 0 radical (unpaired) electrons. The zero-order chi connectivity index (χ0) is 13.7. The zero-order valence-corrected chi connectivity index (χ0v) is 10.2. The fraction of sp³-hybridized carbons (Fsp3) is 0.308. The molecular formula is C13H13N3O3. The lowest BCUT2D eigenvalue weighted by Gasteiger charge is -2.20. The van der Waals surface area contributed by atoms with E-state index in [0.29, 0.717) is 12.2 Å². The summed E-state index contributed by atoms with van der Waals surface area (Å²) in [6.07, 6.45) is 5.44. The van der Waals surface area contributed by atoms with Crippen molar-refractivity contribution in [1.29, 1.82) is 5.26 Å². The van der Waals surface area contributed by atoms with Crippen LogP contribution in [0.2, 0.25) is 0 Å². The first-order valence-corrected chi connectivity index (χ1v) is 5.93. The maximum Gasteiger partial charge on any atom is 0.293 e. The molecule has 0 saturated heterocycles. The standard InChI is InChI=1S/C13H13N3O3/c14-8-10-4-5-12(13(7-10)16(17)18)15-9-11-3-1-2-6-19-11/h2,4-7,11,15H,1,3,9H2/t11-/m1/s1. The summed E-state index contributed by atoms with van der Waals surface area (Å²) in [7, 11) is 0. The molecule has 0 aromatic heterocycles. The average molecular weight is 259 g/mol. The lowest BCUT2D eigenvalue weighted by molar-refractivity contribution is -0.384. The van der Waals surface area contributed by atoms with Crippen molar-refractivity contribution in [3.05, 3.63) is 46.2 Å². The van der Waals surface area contributed by atoms with Gasteiger partial charge in [-0.1, -0.05) is 0 Å². The number of rotatable bonds is 4. The van der Waals surface area contributed by atoms with Gasteiger partial charge in [0.25, 0.3) is 5.69 Å². The number of hydrogen-bond acceptors (Lipinski definition) is 5. The Kier molecular flexibility index (Phi) is 3.98. The van der Waals surface area contributed by atoms with Gasteiger partial charge in [-0.05, 0) is 31.1 Å². The minimum atomic E-state index is -0.495. The highest BCUT2D eigenvalue weighted by atomic mass is 16.6. The summed E-state index contributed by atoms with van der Waals surface area (Å²) >= 11 is 0. The molecule has 1 aliphatic rings. The van der Waals surface area contributed by atoms with E-state index in [9.17, 15) is 10.1 Å². The van der Waals surface area contributed by atoms with Gasteiger partial charge in [-0.15, -0.1) is 0 Å². The van der Waals surface area contributed by atoms with Crippen molar-refractivity contribution in [2.45, 2.75) is 18.9 Å². The van der Waals surface area contributed by atoms with Crippen LogP contribution >= 0.6 is 0 Å². The number of anilines is 1. The molecule has 0 saturated carbocycles. The predicted molar refractivity (Wildman–Crippen MR) is 69.5 cm³/mol. The fourth-order valence-electron chi connectivity index (χ4n) is 1.86. The molecule has 1 aliphatic heterocycles. The highest BCUT2D eigenvalue weighted by Crippen LogP contribution is 2.25. The molecule has 6 nitrogen and oxygen atoms in total. The molecule has 1 aromatic carbocycles. The fourth-order valence-corrected chi connectivity index (χ4v) is 1.86. The smallest absolute Gasteiger partial charge is 0.293 e. The SMILES string of the molecule is N#Cc1ccc(NC[C@H]2CCC=CO2)c([N+](=O)[O-])c1. The molecule has 0 aliphatic carbocycles. The monoisotopic (exact) mass is 259 g/mol. The minimum Gasteiger partial charge on any atom is -0.497 e. The quantitative estimate of drug-likeness (QED) is 0.663. The molecule has 6 heteroatoms. The van der Waals surface area contributed by atoms with E-state index >= 15 is 0 Å². The third-order valence-corrected chi connectivity index (χ3v) is 2.87. The summed E-state index contributed by atoms with van der Waals surface area (Å²) < 4.78 is 5.38. The summed E-state index contributed by atoms with van der Waals surface area (Å²) in [5.74, 6) is 0. The molecule has 1 atom stereocenters. The van der Waals surface area contributed by atoms with Crippen LogP contribution in [-0.2, 0) is 4.74 Å². The molecule has 19 heavy (non-hydrogen) atoms. The number of nitro benzene ring substituents is 1. The highest BCUT2D eigenvalue weighted by molar-refractivity contribution is 5.64. The minimum absolute atomic E-state index is 0.0141. The number of hydrogen-bond donors (Lipinski definition) is 1. The van der Waals surface area contributed by atoms with E-state index in [-0.39, 0.29) is 17.4 Å². The Balaban J connectivity index is 2.09. The summed E-state index contributed by atoms with van der Waals surface area (Å²) in [6, 6.07) is 6.26. The second-order valence-electron chi connectivity index (χ2n) is 4.19. The second kappa shape index (κ2) is 5.87. The van der Waals surface area contributed by atoms with Crippen LogP contribution in [0.1, 0.15) is 18.4 Å². The first kappa shape index (κ1) is 12.9. The third kappa shape index (κ3) is 3.22. The first-order chi connectivity index (χ1) is 9.20. The molecule has 1 aromatic rings. The zero-order valence-electron chi connectivity index (χ0n) is 10.2. The van der Waals surface area contributed by atoms with Crippen LogP contribution in [0.3, 0.4) is 0 Å². The Labute approximate surface area is 110 Å². The van der Waals surface area contributed by atoms with E-state index in [0.717, 1.165) is 12.8 Å². The van der Waals surface area contributed by atoms with Gasteiger partial charge in [0.15, 0.2) is 0 Å². The highest BCUT2D eigenvalue weighted by Gasteiger charge is 2.17. The molecule has 0 unspecified atom stereocenters. The van der Waals surface area contributed by atoms with E-state index in [1.54, 1.807) is 18.4 Å². The lowest BCUT2D eigenvalue weighted by Crippen LogP contribution is -2.23. The van der Waals surface area contributed by atoms with Crippen LogP contribution in [-0.4, -0.2) is 17.6 Å². The largest absolute Gasteiger partial charge is 0.497 e. The number of ether oxygens (including phenoxy) is 1. The molecule has 1 N–H and O–H groups in total. The number of allylic oxidation sites excluding steroid dienone is 1. The molecule has 0 fully saturated rings. The number of nitrogens with zero attached hydrogens (tertiary/aromatic N) is 2. The van der Waals surface area contributed by atoms with Crippen molar-refractivity contribution >= 4 is 11.4 Å². The van der Waals surface area contributed by atoms with Crippen molar-refractivity contribution in [2.24, 2.45) is 0 Å². The van der Waals surface area contributed by atoms with Gasteiger partial charge in [-0.2, -0.15) is 5.26 Å². The average Bonchev–Trinajstić information content (AvgIpc) is 2.46. The number of nitrogens with one attached hydrogen (secondary N) is 1. The van der Waals surface area contributed by atoms with E-state index in [1.807, 2.05) is 12.1 Å². The summed E-state index contributed by atoms with van der Waals surface area (Å²) in [5, 5.41) is 22.7. The van der Waals surface area contributed by atoms with Crippen molar-refractivity contribution in [3.8, 4) is 6.07 Å². The normalized spacial score (nSPS) is 17.3. The van der Waals surface area contributed by atoms with Crippen LogP contribution in [0.5, 0.6) is 0 Å². The Morgan fingerprint density at radius 2 is 2.42 bits per heavy atom. The topological polar surface area (TPSA) is 88.2 Å². The Bertz CT molecular complexity index is 549. The van der Waals surface area contributed by atoms with Crippen LogP contribution in [0.25, 0.3) is 0 Å². The molecule has 0 amide bonds. The van der Waals surface area contributed by atoms with Gasteiger partial charge in [0, 0.05) is 6.07 Å². The van der Waals surface area contributed by atoms with Gasteiger partial charge in [-0.3, -0.25) is 10.1 Å². The van der Waals surface area contributed by atoms with Crippen LogP contribution in [0, 0.1) is 21.4 Å². The number of nitriles is 1. The molecule has 1 heterocycles. The molecule has 0 bridgehead atoms. The molecule has 98 valence electrons. The second-order valence-corrected chi connectivity index (χ2v) is 4.19.